The largest absolute Gasteiger partial charge is 0.207 e. The molecule has 1 heteroatoms. The number of halogens is 1. The van der Waals surface area contributed by atoms with Gasteiger partial charge in [0.1, 0.15) is 5.82 Å². The molecule has 3 saturated carbocycles. The lowest BCUT2D eigenvalue weighted by atomic mass is 9.74. The molecule has 184 valence electrons. The molecule has 0 spiro atoms. The Bertz CT molecular complexity index is 904. The maximum Gasteiger partial charge on any atom is 0.126 e. The summed E-state index contributed by atoms with van der Waals surface area (Å²) in [5, 5.41) is 0. The monoisotopic (exact) mass is 460 g/mol. The SMILES string of the molecule is CCC1CCC(c2ccc(C3CCC(c4ccc(C5CCC(C)CC5)c(F)c4)CC3)cc2)CC1. The standard InChI is InChI=1S/C33H45F/c1-3-24-6-10-25(11-7-24)26-12-14-27(15-13-26)28-16-18-29(19-17-28)31-20-21-32(33(34)22-31)30-8-4-23(2)5-9-30/h12-15,20-25,28-30H,3-11,16-19H2,1-2H3. The number of rotatable bonds is 5. The summed E-state index contributed by atoms with van der Waals surface area (Å²) >= 11 is 0. The van der Waals surface area contributed by atoms with Crippen LogP contribution in [0.5, 0.6) is 0 Å². The molecule has 3 aliphatic rings. The van der Waals surface area contributed by atoms with Crippen LogP contribution in [0.15, 0.2) is 42.5 Å². The van der Waals surface area contributed by atoms with Crippen molar-refractivity contribution in [2.45, 2.75) is 121 Å². The summed E-state index contributed by atoms with van der Waals surface area (Å²) < 4.78 is 15.1. The van der Waals surface area contributed by atoms with Crippen molar-refractivity contribution in [3.8, 4) is 0 Å². The average Bonchev–Trinajstić information content (AvgIpc) is 2.89. The third-order valence-electron chi connectivity index (χ3n) is 9.98. The van der Waals surface area contributed by atoms with Crippen LogP contribution in [0.1, 0.15) is 143 Å². The Morgan fingerprint density at radius 1 is 0.588 bits per heavy atom. The zero-order valence-electron chi connectivity index (χ0n) is 21.6. The van der Waals surface area contributed by atoms with Gasteiger partial charge in [0, 0.05) is 0 Å². The molecular formula is C33H45F. The summed E-state index contributed by atoms with van der Waals surface area (Å²) in [6.07, 6.45) is 16.6. The molecule has 0 aromatic heterocycles. The molecule has 2 aromatic rings. The summed E-state index contributed by atoms with van der Waals surface area (Å²) in [4.78, 5) is 0. The highest BCUT2D eigenvalue weighted by Gasteiger charge is 2.27. The normalized spacial score (nSPS) is 32.4. The summed E-state index contributed by atoms with van der Waals surface area (Å²) in [5.74, 6) is 4.25. The molecule has 0 atom stereocenters. The summed E-state index contributed by atoms with van der Waals surface area (Å²) in [5.41, 5.74) is 5.31. The quantitative estimate of drug-likeness (QED) is 0.416. The summed E-state index contributed by atoms with van der Waals surface area (Å²) in [6.45, 7) is 4.68. The predicted molar refractivity (Wildman–Crippen MR) is 142 cm³/mol. The van der Waals surface area contributed by atoms with Crippen LogP contribution in [0, 0.1) is 17.7 Å². The van der Waals surface area contributed by atoms with Gasteiger partial charge in [0.15, 0.2) is 0 Å². The smallest absolute Gasteiger partial charge is 0.126 e. The zero-order valence-corrected chi connectivity index (χ0v) is 21.6. The van der Waals surface area contributed by atoms with Gasteiger partial charge in [-0.2, -0.15) is 0 Å². The first kappa shape index (κ1) is 24.1. The molecule has 3 fully saturated rings. The number of hydrogen-bond donors (Lipinski definition) is 0. The van der Waals surface area contributed by atoms with E-state index in [1.165, 1.54) is 81.8 Å². The van der Waals surface area contributed by atoms with Crippen molar-refractivity contribution in [3.63, 3.8) is 0 Å². The Hall–Kier alpha value is -1.63. The van der Waals surface area contributed by atoms with Crippen molar-refractivity contribution >= 4 is 0 Å². The van der Waals surface area contributed by atoms with Crippen LogP contribution in [0.3, 0.4) is 0 Å². The van der Waals surface area contributed by atoms with Crippen LogP contribution >= 0.6 is 0 Å². The molecule has 0 heterocycles. The molecule has 0 aliphatic heterocycles. The second kappa shape index (κ2) is 11.0. The van der Waals surface area contributed by atoms with E-state index in [-0.39, 0.29) is 5.82 Å². The molecule has 0 radical (unpaired) electrons. The van der Waals surface area contributed by atoms with E-state index >= 15 is 4.39 Å². The third-order valence-corrected chi connectivity index (χ3v) is 9.98. The van der Waals surface area contributed by atoms with Crippen molar-refractivity contribution in [1.82, 2.24) is 0 Å². The molecule has 3 aliphatic carbocycles. The minimum Gasteiger partial charge on any atom is -0.207 e. The highest BCUT2D eigenvalue weighted by atomic mass is 19.1. The molecule has 0 N–H and O–H groups in total. The second-order valence-corrected chi connectivity index (χ2v) is 12.1. The average molecular weight is 461 g/mol. The van der Waals surface area contributed by atoms with Crippen LogP contribution in [0.4, 0.5) is 4.39 Å². The lowest BCUT2D eigenvalue weighted by Crippen LogP contribution is -2.15. The summed E-state index contributed by atoms with van der Waals surface area (Å²) in [7, 11) is 0. The van der Waals surface area contributed by atoms with Gasteiger partial charge in [0.2, 0.25) is 0 Å². The van der Waals surface area contributed by atoms with E-state index in [4.69, 9.17) is 0 Å². The van der Waals surface area contributed by atoms with Gasteiger partial charge in [-0.3, -0.25) is 0 Å². The van der Waals surface area contributed by atoms with E-state index in [9.17, 15) is 0 Å². The van der Waals surface area contributed by atoms with Crippen LogP contribution < -0.4 is 0 Å². The van der Waals surface area contributed by atoms with Crippen LogP contribution in [0.25, 0.3) is 0 Å². The van der Waals surface area contributed by atoms with E-state index in [0.717, 1.165) is 36.2 Å². The molecule has 34 heavy (non-hydrogen) atoms. The van der Waals surface area contributed by atoms with Crippen LogP contribution in [-0.2, 0) is 0 Å². The van der Waals surface area contributed by atoms with E-state index < -0.39 is 0 Å². The Morgan fingerprint density at radius 2 is 1.03 bits per heavy atom. The van der Waals surface area contributed by atoms with Crippen LogP contribution in [-0.4, -0.2) is 0 Å². The van der Waals surface area contributed by atoms with Gasteiger partial charge in [-0.1, -0.05) is 69.5 Å². The van der Waals surface area contributed by atoms with E-state index in [1.807, 2.05) is 6.07 Å². The first-order valence-corrected chi connectivity index (χ1v) is 14.5. The fourth-order valence-electron chi connectivity index (χ4n) is 7.40. The predicted octanol–water partition coefficient (Wildman–Crippen LogP) is 10.2. The fourth-order valence-corrected chi connectivity index (χ4v) is 7.40. The summed E-state index contributed by atoms with van der Waals surface area (Å²) in [6, 6.07) is 16.0. The van der Waals surface area contributed by atoms with E-state index in [2.05, 4.69) is 50.2 Å². The molecule has 0 nitrogen and oxygen atoms in total. The van der Waals surface area contributed by atoms with Gasteiger partial charge >= 0.3 is 0 Å². The lowest BCUT2D eigenvalue weighted by molar-refractivity contribution is 0.318. The Kier molecular flexibility index (Phi) is 7.77. The first-order chi connectivity index (χ1) is 16.6. The minimum atomic E-state index is 0.0581. The van der Waals surface area contributed by atoms with Gasteiger partial charge in [-0.15, -0.1) is 0 Å². The molecule has 2 aromatic carbocycles. The van der Waals surface area contributed by atoms with E-state index in [0.29, 0.717) is 17.8 Å². The van der Waals surface area contributed by atoms with Crippen molar-refractivity contribution in [2.24, 2.45) is 11.8 Å². The van der Waals surface area contributed by atoms with E-state index in [1.54, 1.807) is 5.56 Å². The molecule has 0 bridgehead atoms. The van der Waals surface area contributed by atoms with Crippen molar-refractivity contribution in [2.75, 3.05) is 0 Å². The van der Waals surface area contributed by atoms with Crippen LogP contribution in [0.2, 0.25) is 0 Å². The Balaban J connectivity index is 1.15. The third kappa shape index (κ3) is 5.44. The number of hydrogen-bond acceptors (Lipinski definition) is 0. The molecule has 0 amide bonds. The van der Waals surface area contributed by atoms with Gasteiger partial charge < -0.3 is 0 Å². The second-order valence-electron chi connectivity index (χ2n) is 12.1. The van der Waals surface area contributed by atoms with Crippen molar-refractivity contribution in [1.29, 1.82) is 0 Å². The minimum absolute atomic E-state index is 0.0581. The lowest BCUT2D eigenvalue weighted by Gasteiger charge is -2.31. The maximum atomic E-state index is 15.1. The Morgan fingerprint density at radius 3 is 1.53 bits per heavy atom. The molecule has 0 unspecified atom stereocenters. The number of benzene rings is 2. The Labute approximate surface area is 207 Å². The zero-order chi connectivity index (χ0) is 23.5. The maximum absolute atomic E-state index is 15.1. The van der Waals surface area contributed by atoms with Crippen molar-refractivity contribution < 1.29 is 4.39 Å². The molecular weight excluding hydrogens is 415 g/mol. The van der Waals surface area contributed by atoms with Gasteiger partial charge in [-0.25, -0.2) is 4.39 Å². The first-order valence-electron chi connectivity index (χ1n) is 14.5. The molecule has 5 rings (SSSR count). The fraction of sp³-hybridized carbons (Fsp3) is 0.636. The van der Waals surface area contributed by atoms with Gasteiger partial charge in [0.05, 0.1) is 0 Å². The van der Waals surface area contributed by atoms with Gasteiger partial charge in [-0.05, 0) is 128 Å². The highest BCUT2D eigenvalue weighted by molar-refractivity contribution is 5.32. The highest BCUT2D eigenvalue weighted by Crippen LogP contribution is 2.43. The van der Waals surface area contributed by atoms with Gasteiger partial charge in [0.25, 0.3) is 0 Å². The van der Waals surface area contributed by atoms with Crippen molar-refractivity contribution in [3.05, 3.63) is 70.5 Å². The molecule has 0 saturated heterocycles. The topological polar surface area (TPSA) is 0 Å².